The number of non-ortho nitro benzene ring substituents is 1. The highest BCUT2D eigenvalue weighted by Gasteiger charge is 2.15. The molecule has 1 aromatic heterocycles. The summed E-state index contributed by atoms with van der Waals surface area (Å²) in [4.78, 5) is 40.1. The highest BCUT2D eigenvalue weighted by molar-refractivity contribution is 5.97. The molecule has 138 valence electrons. The Morgan fingerprint density at radius 1 is 1.15 bits per heavy atom. The van der Waals surface area contributed by atoms with Crippen LogP contribution in [0.5, 0.6) is 0 Å². The fourth-order valence-corrected chi connectivity index (χ4v) is 3.02. The van der Waals surface area contributed by atoms with E-state index in [-0.39, 0.29) is 23.4 Å². The van der Waals surface area contributed by atoms with Crippen molar-refractivity contribution in [2.75, 3.05) is 0 Å². The van der Waals surface area contributed by atoms with Crippen LogP contribution in [0.25, 0.3) is 10.9 Å². The summed E-state index contributed by atoms with van der Waals surface area (Å²) >= 11 is 0. The molecule has 0 fully saturated rings. The van der Waals surface area contributed by atoms with Gasteiger partial charge in [-0.25, -0.2) is 4.98 Å². The van der Waals surface area contributed by atoms with Crippen molar-refractivity contribution in [3.63, 3.8) is 0 Å². The standard InChI is InChI=1S/C20H19N3O4/c1-3-13-5-6-14(4-2)16(9-13)19(24)11-22-12-21-18-8-7-15(23(26)27)10-17(18)20(22)25/h5-10,12H,3-4,11H2,1-2H3. The zero-order valence-corrected chi connectivity index (χ0v) is 15.1. The van der Waals surface area contributed by atoms with Gasteiger partial charge in [-0.1, -0.05) is 26.0 Å². The second kappa shape index (κ2) is 7.49. The van der Waals surface area contributed by atoms with E-state index in [0.29, 0.717) is 17.5 Å². The molecule has 0 N–H and O–H groups in total. The van der Waals surface area contributed by atoms with Gasteiger partial charge in [0.05, 0.1) is 28.7 Å². The molecule has 0 aliphatic heterocycles. The Morgan fingerprint density at radius 2 is 1.93 bits per heavy atom. The summed E-state index contributed by atoms with van der Waals surface area (Å²) in [6.07, 6.45) is 2.83. The normalized spacial score (nSPS) is 10.9. The Kier molecular flexibility index (Phi) is 5.12. The van der Waals surface area contributed by atoms with Crippen LogP contribution in [0.3, 0.4) is 0 Å². The van der Waals surface area contributed by atoms with Crippen molar-refractivity contribution >= 4 is 22.4 Å². The van der Waals surface area contributed by atoms with Crippen LogP contribution in [0.15, 0.2) is 47.5 Å². The topological polar surface area (TPSA) is 95.1 Å². The number of benzene rings is 2. The first-order valence-corrected chi connectivity index (χ1v) is 8.73. The van der Waals surface area contributed by atoms with Gasteiger partial charge in [-0.2, -0.15) is 0 Å². The summed E-state index contributed by atoms with van der Waals surface area (Å²) in [6.45, 7) is 3.82. The van der Waals surface area contributed by atoms with Gasteiger partial charge in [0, 0.05) is 17.7 Å². The first-order chi connectivity index (χ1) is 12.9. The average molecular weight is 365 g/mol. The number of rotatable bonds is 6. The number of ketones is 1. The monoisotopic (exact) mass is 365 g/mol. The molecule has 7 heteroatoms. The number of hydrogen-bond donors (Lipinski definition) is 0. The summed E-state index contributed by atoms with van der Waals surface area (Å²) in [6, 6.07) is 9.73. The molecule has 2 aromatic carbocycles. The van der Waals surface area contributed by atoms with E-state index >= 15 is 0 Å². The van der Waals surface area contributed by atoms with Crippen molar-refractivity contribution in [1.82, 2.24) is 9.55 Å². The number of carbonyl (C=O) groups excluding carboxylic acids is 1. The van der Waals surface area contributed by atoms with E-state index in [1.807, 2.05) is 32.0 Å². The molecule has 0 aliphatic carbocycles. The molecule has 27 heavy (non-hydrogen) atoms. The first-order valence-electron chi connectivity index (χ1n) is 8.73. The molecule has 0 bridgehead atoms. The van der Waals surface area contributed by atoms with Crippen LogP contribution in [-0.4, -0.2) is 20.3 Å². The SMILES string of the molecule is CCc1ccc(CC)c(C(=O)Cn2cnc3ccc([N+](=O)[O-])cc3c2=O)c1. The quantitative estimate of drug-likeness (QED) is 0.379. The number of hydrogen-bond acceptors (Lipinski definition) is 5. The molecule has 0 atom stereocenters. The maximum Gasteiger partial charge on any atom is 0.270 e. The Labute approximate surface area is 155 Å². The first kappa shape index (κ1) is 18.4. The van der Waals surface area contributed by atoms with Crippen molar-refractivity contribution < 1.29 is 9.72 Å². The van der Waals surface area contributed by atoms with Gasteiger partial charge in [0.25, 0.3) is 11.2 Å². The van der Waals surface area contributed by atoms with Crippen LogP contribution < -0.4 is 5.56 Å². The fourth-order valence-electron chi connectivity index (χ4n) is 3.02. The van der Waals surface area contributed by atoms with E-state index in [9.17, 15) is 19.7 Å². The zero-order chi connectivity index (χ0) is 19.6. The van der Waals surface area contributed by atoms with Gasteiger partial charge in [-0.3, -0.25) is 24.3 Å². The van der Waals surface area contributed by atoms with Gasteiger partial charge in [-0.15, -0.1) is 0 Å². The van der Waals surface area contributed by atoms with Crippen molar-refractivity contribution in [3.05, 3.63) is 79.9 Å². The molecule has 0 spiro atoms. The number of aryl methyl sites for hydroxylation is 2. The maximum atomic E-state index is 12.8. The lowest BCUT2D eigenvalue weighted by Crippen LogP contribution is -2.25. The van der Waals surface area contributed by atoms with Gasteiger partial charge in [0.1, 0.15) is 0 Å². The van der Waals surface area contributed by atoms with Crippen molar-refractivity contribution in [2.45, 2.75) is 33.2 Å². The Hall–Kier alpha value is -3.35. The van der Waals surface area contributed by atoms with E-state index in [0.717, 1.165) is 17.5 Å². The predicted molar refractivity (Wildman–Crippen MR) is 102 cm³/mol. The Balaban J connectivity index is 2.02. The van der Waals surface area contributed by atoms with Gasteiger partial charge >= 0.3 is 0 Å². The molecular formula is C20H19N3O4. The van der Waals surface area contributed by atoms with E-state index in [4.69, 9.17) is 0 Å². The van der Waals surface area contributed by atoms with Gasteiger partial charge in [0.15, 0.2) is 5.78 Å². The summed E-state index contributed by atoms with van der Waals surface area (Å²) in [7, 11) is 0. The van der Waals surface area contributed by atoms with Gasteiger partial charge in [-0.05, 0) is 36.1 Å². The van der Waals surface area contributed by atoms with Crippen LogP contribution in [0.4, 0.5) is 5.69 Å². The third-order valence-electron chi connectivity index (χ3n) is 4.60. The van der Waals surface area contributed by atoms with E-state index in [1.165, 1.54) is 29.1 Å². The summed E-state index contributed by atoms with van der Waals surface area (Å²) in [5.41, 5.74) is 2.28. The minimum Gasteiger partial charge on any atom is -0.292 e. The Morgan fingerprint density at radius 3 is 2.59 bits per heavy atom. The minimum absolute atomic E-state index is 0.123. The number of carbonyl (C=O) groups is 1. The molecule has 3 rings (SSSR count). The number of aromatic nitrogens is 2. The second-order valence-corrected chi connectivity index (χ2v) is 6.26. The summed E-state index contributed by atoms with van der Waals surface area (Å²) in [5, 5.41) is 11.1. The maximum absolute atomic E-state index is 12.8. The van der Waals surface area contributed by atoms with Crippen LogP contribution in [-0.2, 0) is 19.4 Å². The molecular weight excluding hydrogens is 346 g/mol. The third-order valence-corrected chi connectivity index (χ3v) is 4.60. The fraction of sp³-hybridized carbons (Fsp3) is 0.250. The number of Topliss-reactive ketones (excluding diaryl/α,β-unsaturated/α-hetero) is 1. The highest BCUT2D eigenvalue weighted by Crippen LogP contribution is 2.17. The van der Waals surface area contributed by atoms with Gasteiger partial charge < -0.3 is 0 Å². The molecule has 3 aromatic rings. The average Bonchev–Trinajstić information content (AvgIpc) is 2.69. The second-order valence-electron chi connectivity index (χ2n) is 6.26. The highest BCUT2D eigenvalue weighted by atomic mass is 16.6. The lowest BCUT2D eigenvalue weighted by Gasteiger charge is -2.11. The Bertz CT molecular complexity index is 1100. The van der Waals surface area contributed by atoms with E-state index in [2.05, 4.69) is 4.98 Å². The molecule has 0 radical (unpaired) electrons. The van der Waals surface area contributed by atoms with Gasteiger partial charge in [0.2, 0.25) is 0 Å². The molecule has 1 heterocycles. The van der Waals surface area contributed by atoms with Crippen LogP contribution in [0, 0.1) is 10.1 Å². The number of nitro groups is 1. The molecule has 0 aliphatic rings. The third kappa shape index (κ3) is 3.62. The molecule has 7 nitrogen and oxygen atoms in total. The van der Waals surface area contributed by atoms with Crippen molar-refractivity contribution in [2.24, 2.45) is 0 Å². The number of nitro benzene ring substituents is 1. The lowest BCUT2D eigenvalue weighted by atomic mass is 9.97. The van der Waals surface area contributed by atoms with Crippen molar-refractivity contribution in [1.29, 1.82) is 0 Å². The summed E-state index contributed by atoms with van der Waals surface area (Å²) in [5.74, 6) is -0.184. The minimum atomic E-state index is -0.564. The molecule has 0 amide bonds. The van der Waals surface area contributed by atoms with Crippen LogP contribution in [0.1, 0.15) is 35.3 Å². The van der Waals surface area contributed by atoms with Crippen molar-refractivity contribution in [3.8, 4) is 0 Å². The molecule has 0 saturated carbocycles. The van der Waals surface area contributed by atoms with E-state index in [1.54, 1.807) is 0 Å². The molecule has 0 saturated heterocycles. The number of fused-ring (bicyclic) bond motifs is 1. The smallest absolute Gasteiger partial charge is 0.270 e. The molecule has 0 unspecified atom stereocenters. The van der Waals surface area contributed by atoms with Crippen LogP contribution in [0.2, 0.25) is 0 Å². The zero-order valence-electron chi connectivity index (χ0n) is 15.1. The lowest BCUT2D eigenvalue weighted by molar-refractivity contribution is -0.384. The summed E-state index contributed by atoms with van der Waals surface area (Å²) < 4.78 is 1.20. The number of nitrogens with zero attached hydrogens (tertiary/aromatic N) is 3. The predicted octanol–water partition coefficient (Wildman–Crippen LogP) is 3.31. The van der Waals surface area contributed by atoms with Crippen LogP contribution >= 0.6 is 0 Å². The largest absolute Gasteiger partial charge is 0.292 e. The van der Waals surface area contributed by atoms with E-state index < -0.39 is 10.5 Å².